The minimum atomic E-state index is -0.398. The van der Waals surface area contributed by atoms with Gasteiger partial charge in [-0.25, -0.2) is 0 Å². The maximum absolute atomic E-state index is 10.7. The largest absolute Gasteiger partial charge is 0.489 e. The fourth-order valence-electron chi connectivity index (χ4n) is 1.55. The van der Waals surface area contributed by atoms with Crippen molar-refractivity contribution in [3.05, 3.63) is 46.0 Å². The molecule has 110 valence electrons. The number of benzene rings is 1. The monoisotopic (exact) mass is 278 g/mol. The molecule has 1 aromatic rings. The summed E-state index contributed by atoms with van der Waals surface area (Å²) in [4.78, 5) is 10.3. The minimum absolute atomic E-state index is 0.0346. The molecule has 0 unspecified atom stereocenters. The molecule has 0 amide bonds. The number of ether oxygens (including phenoxy) is 1. The normalized spacial score (nSPS) is 11.2. The molecule has 0 saturated carbocycles. The summed E-state index contributed by atoms with van der Waals surface area (Å²) >= 11 is 0. The van der Waals surface area contributed by atoms with Crippen LogP contribution < -0.4 is 10.1 Å². The fourth-order valence-corrected chi connectivity index (χ4v) is 1.55. The van der Waals surface area contributed by atoms with Gasteiger partial charge in [0.15, 0.2) is 0 Å². The third-order valence-electron chi connectivity index (χ3n) is 2.68. The van der Waals surface area contributed by atoms with E-state index in [9.17, 15) is 10.1 Å². The Bertz CT molecular complexity index is 504. The number of hydrogen-bond donors (Lipinski definition) is 1. The SMILES string of the molecule is C=C(CNC(C)(C)C)COc1ccc([N+](=O)[O-])c(C)c1. The van der Waals surface area contributed by atoms with Crippen molar-refractivity contribution in [2.75, 3.05) is 13.2 Å². The predicted molar refractivity (Wildman–Crippen MR) is 80.2 cm³/mol. The molecule has 0 bridgehead atoms. The lowest BCUT2D eigenvalue weighted by Crippen LogP contribution is -2.37. The molecule has 5 heteroatoms. The van der Waals surface area contributed by atoms with Crippen LogP contribution in [0.25, 0.3) is 0 Å². The molecule has 0 atom stereocenters. The Morgan fingerprint density at radius 3 is 2.60 bits per heavy atom. The molecule has 20 heavy (non-hydrogen) atoms. The van der Waals surface area contributed by atoms with E-state index in [-0.39, 0.29) is 11.2 Å². The minimum Gasteiger partial charge on any atom is -0.489 e. The lowest BCUT2D eigenvalue weighted by Gasteiger charge is -2.21. The quantitative estimate of drug-likeness (QED) is 0.493. The molecule has 1 N–H and O–H groups in total. The summed E-state index contributed by atoms with van der Waals surface area (Å²) in [6.45, 7) is 13.0. The highest BCUT2D eigenvalue weighted by molar-refractivity contribution is 5.44. The lowest BCUT2D eigenvalue weighted by molar-refractivity contribution is -0.385. The molecule has 0 spiro atoms. The second-order valence-corrected chi connectivity index (χ2v) is 5.85. The zero-order valence-electron chi connectivity index (χ0n) is 12.5. The summed E-state index contributed by atoms with van der Waals surface area (Å²) < 4.78 is 5.59. The topological polar surface area (TPSA) is 64.4 Å². The number of nitrogens with zero attached hydrogens (tertiary/aromatic N) is 1. The van der Waals surface area contributed by atoms with Crippen LogP contribution in [0.15, 0.2) is 30.4 Å². The third kappa shape index (κ3) is 5.40. The number of nitro groups is 1. The molecule has 0 aliphatic heterocycles. The van der Waals surface area contributed by atoms with E-state index >= 15 is 0 Å². The molecule has 5 nitrogen and oxygen atoms in total. The Balaban J connectivity index is 2.52. The van der Waals surface area contributed by atoms with E-state index in [0.29, 0.717) is 24.5 Å². The van der Waals surface area contributed by atoms with E-state index in [2.05, 4.69) is 32.7 Å². The third-order valence-corrected chi connectivity index (χ3v) is 2.68. The zero-order chi connectivity index (χ0) is 15.3. The second-order valence-electron chi connectivity index (χ2n) is 5.85. The standard InChI is InChI=1S/C15H22N2O3/c1-11(9-16-15(3,4)5)10-20-13-6-7-14(17(18)19)12(2)8-13/h6-8,16H,1,9-10H2,2-5H3. The van der Waals surface area contributed by atoms with Crippen molar-refractivity contribution < 1.29 is 9.66 Å². The van der Waals surface area contributed by atoms with E-state index in [0.717, 1.165) is 5.57 Å². The zero-order valence-corrected chi connectivity index (χ0v) is 12.5. The summed E-state index contributed by atoms with van der Waals surface area (Å²) in [5.41, 5.74) is 1.65. The average molecular weight is 278 g/mol. The van der Waals surface area contributed by atoms with Gasteiger partial charge in [-0.3, -0.25) is 10.1 Å². The van der Waals surface area contributed by atoms with E-state index in [1.807, 2.05) is 0 Å². The van der Waals surface area contributed by atoms with Gasteiger partial charge in [0.1, 0.15) is 12.4 Å². The van der Waals surface area contributed by atoms with Gasteiger partial charge in [0.2, 0.25) is 0 Å². The number of nitrogens with one attached hydrogen (secondary N) is 1. The molecule has 0 heterocycles. The van der Waals surface area contributed by atoms with Gasteiger partial charge in [-0.1, -0.05) is 6.58 Å². The summed E-state index contributed by atoms with van der Waals surface area (Å²) in [6, 6.07) is 4.74. The Morgan fingerprint density at radius 2 is 2.10 bits per heavy atom. The molecule has 0 saturated heterocycles. The van der Waals surface area contributed by atoms with Crippen molar-refractivity contribution in [1.29, 1.82) is 0 Å². The van der Waals surface area contributed by atoms with Gasteiger partial charge >= 0.3 is 0 Å². The number of aryl methyl sites for hydroxylation is 1. The Morgan fingerprint density at radius 1 is 1.45 bits per heavy atom. The molecular weight excluding hydrogens is 256 g/mol. The van der Waals surface area contributed by atoms with Crippen LogP contribution in [0.5, 0.6) is 5.75 Å². The molecule has 0 aromatic heterocycles. The van der Waals surface area contributed by atoms with Crippen LogP contribution in [0.2, 0.25) is 0 Å². The van der Waals surface area contributed by atoms with Crippen LogP contribution in [0.1, 0.15) is 26.3 Å². The van der Waals surface area contributed by atoms with Gasteiger partial charge in [-0.15, -0.1) is 0 Å². The summed E-state index contributed by atoms with van der Waals surface area (Å²) in [7, 11) is 0. The second kappa shape index (κ2) is 6.52. The van der Waals surface area contributed by atoms with Crippen LogP contribution in [0, 0.1) is 17.0 Å². The summed E-state index contributed by atoms with van der Waals surface area (Å²) in [5, 5.41) is 14.0. The number of hydrogen-bond acceptors (Lipinski definition) is 4. The van der Waals surface area contributed by atoms with Crippen LogP contribution >= 0.6 is 0 Å². The van der Waals surface area contributed by atoms with E-state index in [1.54, 1.807) is 19.1 Å². The van der Waals surface area contributed by atoms with Crippen molar-refractivity contribution in [2.24, 2.45) is 0 Å². The molecule has 0 fully saturated rings. The van der Waals surface area contributed by atoms with Gasteiger partial charge in [-0.2, -0.15) is 0 Å². The molecule has 0 aliphatic rings. The Kier molecular flexibility index (Phi) is 5.27. The van der Waals surface area contributed by atoms with Crippen molar-refractivity contribution in [1.82, 2.24) is 5.32 Å². The van der Waals surface area contributed by atoms with Crippen molar-refractivity contribution in [3.63, 3.8) is 0 Å². The smallest absolute Gasteiger partial charge is 0.272 e. The first kappa shape index (κ1) is 16.2. The first-order valence-electron chi connectivity index (χ1n) is 6.48. The Hall–Kier alpha value is -1.88. The van der Waals surface area contributed by atoms with Crippen molar-refractivity contribution >= 4 is 5.69 Å². The highest BCUT2D eigenvalue weighted by Gasteiger charge is 2.11. The molecule has 1 rings (SSSR count). The maximum Gasteiger partial charge on any atom is 0.272 e. The summed E-state index contributed by atoms with van der Waals surface area (Å²) in [5.74, 6) is 0.616. The highest BCUT2D eigenvalue weighted by atomic mass is 16.6. The fraction of sp³-hybridized carbons (Fsp3) is 0.467. The molecule has 1 aromatic carbocycles. The van der Waals surface area contributed by atoms with E-state index < -0.39 is 4.92 Å². The maximum atomic E-state index is 10.7. The molecule has 0 radical (unpaired) electrons. The number of rotatable bonds is 6. The summed E-state index contributed by atoms with van der Waals surface area (Å²) in [6.07, 6.45) is 0. The van der Waals surface area contributed by atoms with Crippen LogP contribution in [-0.4, -0.2) is 23.6 Å². The van der Waals surface area contributed by atoms with E-state index in [4.69, 9.17) is 4.74 Å². The van der Waals surface area contributed by atoms with Crippen molar-refractivity contribution in [2.45, 2.75) is 33.2 Å². The van der Waals surface area contributed by atoms with E-state index in [1.165, 1.54) is 6.07 Å². The van der Waals surface area contributed by atoms with Gasteiger partial charge in [-0.05, 0) is 45.4 Å². The first-order chi connectivity index (χ1) is 9.19. The first-order valence-corrected chi connectivity index (χ1v) is 6.48. The van der Waals surface area contributed by atoms with Crippen molar-refractivity contribution in [3.8, 4) is 5.75 Å². The van der Waals surface area contributed by atoms with Gasteiger partial charge < -0.3 is 10.1 Å². The lowest BCUT2D eigenvalue weighted by atomic mass is 10.1. The van der Waals surface area contributed by atoms with Gasteiger partial charge in [0.25, 0.3) is 5.69 Å². The predicted octanol–water partition coefficient (Wildman–Crippen LogP) is 3.23. The average Bonchev–Trinajstić information content (AvgIpc) is 2.32. The molecular formula is C15H22N2O3. The van der Waals surface area contributed by atoms with Gasteiger partial charge in [0.05, 0.1) is 4.92 Å². The van der Waals surface area contributed by atoms with Crippen LogP contribution in [-0.2, 0) is 0 Å². The number of nitro benzene ring substituents is 1. The van der Waals surface area contributed by atoms with Gasteiger partial charge in [0, 0.05) is 23.7 Å². The highest BCUT2D eigenvalue weighted by Crippen LogP contribution is 2.23. The molecule has 0 aliphatic carbocycles. The van der Waals surface area contributed by atoms with Crippen LogP contribution in [0.4, 0.5) is 5.69 Å². The Labute approximate surface area is 119 Å². The van der Waals surface area contributed by atoms with Crippen LogP contribution in [0.3, 0.4) is 0 Å².